The molecule has 2 aliphatic rings. The molecule has 0 aromatic rings. The largest absolute Gasteiger partial charge is 0.373 e. The van der Waals surface area contributed by atoms with Crippen LogP contribution >= 0.6 is 23.5 Å². The van der Waals surface area contributed by atoms with Crippen LogP contribution in [0.15, 0.2) is 0 Å². The number of ether oxygens (including phenoxy) is 1. The van der Waals surface area contributed by atoms with Gasteiger partial charge in [-0.15, -0.1) is 23.5 Å². The smallest absolute Gasteiger partial charge is 0.243 e. The molecule has 2 aliphatic heterocycles. The van der Waals surface area contributed by atoms with E-state index in [0.717, 1.165) is 11.5 Å². The number of sulfonamides is 1. The van der Waals surface area contributed by atoms with E-state index in [2.05, 4.69) is 5.32 Å². The van der Waals surface area contributed by atoms with Gasteiger partial charge in [-0.05, 0) is 13.8 Å². The molecule has 0 spiro atoms. The Morgan fingerprint density at radius 3 is 2.38 bits per heavy atom. The molecule has 0 aromatic heterocycles. The highest BCUT2D eigenvalue weighted by Gasteiger charge is 2.31. The molecule has 2 atom stereocenters. The van der Waals surface area contributed by atoms with Crippen LogP contribution < -0.4 is 5.32 Å². The Kier molecular flexibility index (Phi) is 6.25. The van der Waals surface area contributed by atoms with Gasteiger partial charge in [0.25, 0.3) is 0 Å². The molecule has 0 aromatic carbocycles. The van der Waals surface area contributed by atoms with E-state index in [0.29, 0.717) is 13.1 Å². The van der Waals surface area contributed by atoms with Gasteiger partial charge < -0.3 is 10.1 Å². The Morgan fingerprint density at radius 1 is 1.24 bits per heavy atom. The molecule has 0 radical (unpaired) electrons. The predicted molar refractivity (Wildman–Crippen MR) is 87.1 cm³/mol. The van der Waals surface area contributed by atoms with Crippen LogP contribution in [0.4, 0.5) is 0 Å². The number of nitrogens with zero attached hydrogens (tertiary/aromatic N) is 1. The molecule has 1 amide bonds. The zero-order chi connectivity index (χ0) is 15.5. The van der Waals surface area contributed by atoms with E-state index in [4.69, 9.17) is 4.74 Å². The van der Waals surface area contributed by atoms with Crippen molar-refractivity contribution in [1.82, 2.24) is 9.62 Å². The molecule has 2 fully saturated rings. The number of hydrogen-bond donors (Lipinski definition) is 1. The van der Waals surface area contributed by atoms with Crippen molar-refractivity contribution in [2.24, 2.45) is 0 Å². The van der Waals surface area contributed by atoms with Crippen LogP contribution in [0.3, 0.4) is 0 Å². The Morgan fingerprint density at radius 2 is 1.81 bits per heavy atom. The molecule has 0 aliphatic carbocycles. The molecule has 0 saturated carbocycles. The lowest BCUT2D eigenvalue weighted by Gasteiger charge is -2.34. The molecule has 2 rings (SSSR count). The number of carbonyl (C=O) groups excluding carboxylic acids is 1. The summed E-state index contributed by atoms with van der Waals surface area (Å²) < 4.78 is 31.5. The summed E-state index contributed by atoms with van der Waals surface area (Å²) in [5.41, 5.74) is 0. The van der Waals surface area contributed by atoms with Crippen molar-refractivity contribution in [2.45, 2.75) is 30.6 Å². The maximum absolute atomic E-state index is 12.3. The second-order valence-electron chi connectivity index (χ2n) is 5.25. The van der Waals surface area contributed by atoms with Gasteiger partial charge in [0.05, 0.1) is 18.0 Å². The number of nitrogens with one attached hydrogen (secondary N) is 1. The van der Waals surface area contributed by atoms with Crippen LogP contribution in [0.2, 0.25) is 0 Å². The van der Waals surface area contributed by atoms with Gasteiger partial charge >= 0.3 is 0 Å². The van der Waals surface area contributed by atoms with E-state index < -0.39 is 10.0 Å². The molecule has 0 unspecified atom stereocenters. The molecule has 122 valence electrons. The fourth-order valence-corrected chi connectivity index (χ4v) is 6.51. The molecular weight excluding hydrogens is 332 g/mol. The molecule has 9 heteroatoms. The van der Waals surface area contributed by atoms with E-state index in [1.54, 1.807) is 23.5 Å². The van der Waals surface area contributed by atoms with Gasteiger partial charge in [0.1, 0.15) is 4.58 Å². The molecule has 6 nitrogen and oxygen atoms in total. The minimum absolute atomic E-state index is 0.0553. The van der Waals surface area contributed by atoms with Gasteiger partial charge in [-0.2, -0.15) is 4.31 Å². The lowest BCUT2D eigenvalue weighted by molar-refractivity contribution is -0.119. The van der Waals surface area contributed by atoms with Crippen molar-refractivity contribution < 1.29 is 17.9 Å². The van der Waals surface area contributed by atoms with Crippen molar-refractivity contribution in [3.63, 3.8) is 0 Å². The summed E-state index contributed by atoms with van der Waals surface area (Å²) >= 11 is 3.22. The monoisotopic (exact) mass is 354 g/mol. The highest BCUT2D eigenvalue weighted by molar-refractivity contribution is 8.21. The van der Waals surface area contributed by atoms with Gasteiger partial charge in [-0.1, -0.05) is 0 Å². The van der Waals surface area contributed by atoms with Gasteiger partial charge in [0, 0.05) is 31.1 Å². The number of carbonyl (C=O) groups is 1. The summed E-state index contributed by atoms with van der Waals surface area (Å²) in [6.45, 7) is 4.67. The standard InChI is InChI=1S/C12H22N2O4S3/c1-9-7-14(8-10(2)18-9)21(16,17)6-3-13-11(15)12-19-4-5-20-12/h9-10,12H,3-8H2,1-2H3,(H,13,15)/t9-,10+. The molecule has 1 N–H and O–H groups in total. The Labute approximate surface area is 134 Å². The van der Waals surface area contributed by atoms with Crippen LogP contribution in [0, 0.1) is 0 Å². The Bertz CT molecular complexity index is 455. The number of amides is 1. The number of rotatable bonds is 5. The summed E-state index contributed by atoms with van der Waals surface area (Å²) in [5.74, 6) is 1.83. The minimum atomic E-state index is -3.34. The average Bonchev–Trinajstić information content (AvgIpc) is 2.91. The molecule has 2 saturated heterocycles. The van der Waals surface area contributed by atoms with Crippen molar-refractivity contribution in [1.29, 1.82) is 0 Å². The first-order chi connectivity index (χ1) is 9.88. The number of thioether (sulfide) groups is 2. The van der Waals surface area contributed by atoms with Crippen LogP contribution in [0.25, 0.3) is 0 Å². The van der Waals surface area contributed by atoms with Gasteiger partial charge in [0.15, 0.2) is 0 Å². The van der Waals surface area contributed by atoms with Crippen molar-refractivity contribution in [3.8, 4) is 0 Å². The van der Waals surface area contributed by atoms with Crippen molar-refractivity contribution in [2.75, 3.05) is 36.9 Å². The Balaban J connectivity index is 1.79. The lowest BCUT2D eigenvalue weighted by atomic mass is 10.3. The number of morpholine rings is 1. The maximum Gasteiger partial charge on any atom is 0.243 e. The third-order valence-corrected chi connectivity index (χ3v) is 8.07. The number of hydrogen-bond acceptors (Lipinski definition) is 6. The second kappa shape index (κ2) is 7.54. The Hall–Kier alpha value is 0.0400. The van der Waals surface area contributed by atoms with E-state index in [1.165, 1.54) is 4.31 Å². The van der Waals surface area contributed by atoms with Crippen molar-refractivity contribution >= 4 is 39.5 Å². The highest BCUT2D eigenvalue weighted by Crippen LogP contribution is 2.31. The third-order valence-electron chi connectivity index (χ3n) is 3.27. The van der Waals surface area contributed by atoms with Gasteiger partial charge in [-0.25, -0.2) is 8.42 Å². The second-order valence-corrected chi connectivity index (χ2v) is 10.1. The highest BCUT2D eigenvalue weighted by atomic mass is 32.2. The van der Waals surface area contributed by atoms with Crippen LogP contribution in [-0.2, 0) is 19.6 Å². The first kappa shape index (κ1) is 17.4. The minimum Gasteiger partial charge on any atom is -0.373 e. The SMILES string of the molecule is C[C@@H]1CN(S(=O)(=O)CCNC(=O)C2SCCS2)C[C@H](C)O1. The van der Waals surface area contributed by atoms with E-state index in [9.17, 15) is 13.2 Å². The van der Waals surface area contributed by atoms with E-state index >= 15 is 0 Å². The van der Waals surface area contributed by atoms with E-state index in [-0.39, 0.29) is 35.0 Å². The van der Waals surface area contributed by atoms with Crippen LogP contribution in [0.5, 0.6) is 0 Å². The zero-order valence-corrected chi connectivity index (χ0v) is 14.7. The van der Waals surface area contributed by atoms with Crippen molar-refractivity contribution in [3.05, 3.63) is 0 Å². The van der Waals surface area contributed by atoms with Gasteiger partial charge in [0.2, 0.25) is 15.9 Å². The predicted octanol–water partition coefficient (Wildman–Crippen LogP) is 0.348. The van der Waals surface area contributed by atoms with E-state index in [1.807, 2.05) is 13.8 Å². The molecule has 0 bridgehead atoms. The van der Waals surface area contributed by atoms with Gasteiger partial charge in [-0.3, -0.25) is 4.79 Å². The molecular formula is C12H22N2O4S3. The topological polar surface area (TPSA) is 75.7 Å². The van der Waals surface area contributed by atoms with Crippen LogP contribution in [0.1, 0.15) is 13.8 Å². The quantitative estimate of drug-likeness (QED) is 0.768. The maximum atomic E-state index is 12.3. The summed E-state index contributed by atoms with van der Waals surface area (Å²) in [5, 5.41) is 2.72. The fraction of sp³-hybridized carbons (Fsp3) is 0.917. The zero-order valence-electron chi connectivity index (χ0n) is 12.3. The summed E-state index contributed by atoms with van der Waals surface area (Å²) in [6.07, 6.45) is -0.186. The first-order valence-corrected chi connectivity index (χ1v) is 10.7. The average molecular weight is 355 g/mol. The fourth-order valence-electron chi connectivity index (χ4n) is 2.38. The summed E-state index contributed by atoms with van der Waals surface area (Å²) in [6, 6.07) is 0. The first-order valence-electron chi connectivity index (χ1n) is 7.02. The summed E-state index contributed by atoms with van der Waals surface area (Å²) in [4.78, 5) is 11.8. The lowest BCUT2D eigenvalue weighted by Crippen LogP contribution is -2.49. The third kappa shape index (κ3) is 5.02. The normalized spacial score (nSPS) is 28.7. The van der Waals surface area contributed by atoms with Crippen LogP contribution in [-0.4, -0.2) is 72.3 Å². The summed E-state index contributed by atoms with van der Waals surface area (Å²) in [7, 11) is -3.34. The molecule has 2 heterocycles. The molecule has 21 heavy (non-hydrogen) atoms.